The lowest BCUT2D eigenvalue weighted by Gasteiger charge is -2.13. The fourth-order valence-corrected chi connectivity index (χ4v) is 3.01. The molecule has 7 heteroatoms. The van der Waals surface area contributed by atoms with Gasteiger partial charge >= 0.3 is 0 Å². The van der Waals surface area contributed by atoms with E-state index in [1.54, 1.807) is 23.3 Å². The first-order valence-electron chi connectivity index (χ1n) is 6.06. The van der Waals surface area contributed by atoms with Crippen LogP contribution in [0.15, 0.2) is 17.5 Å². The van der Waals surface area contributed by atoms with E-state index in [0.717, 1.165) is 17.8 Å². The maximum atomic E-state index is 12.2. The minimum absolute atomic E-state index is 0.0875. The Morgan fingerprint density at radius 2 is 2.32 bits per heavy atom. The molecule has 0 fully saturated rings. The van der Waals surface area contributed by atoms with Gasteiger partial charge in [0.15, 0.2) is 0 Å². The van der Waals surface area contributed by atoms with Gasteiger partial charge in [-0.25, -0.2) is 0 Å². The van der Waals surface area contributed by atoms with Crippen molar-refractivity contribution in [3.05, 3.63) is 27.4 Å². The number of nitrogens with zero attached hydrogens (tertiary/aromatic N) is 3. The quantitative estimate of drug-likeness (QED) is 0.890. The van der Waals surface area contributed by atoms with Crippen molar-refractivity contribution in [3.8, 4) is 0 Å². The number of carbonyl (C=O) groups is 1. The summed E-state index contributed by atoms with van der Waals surface area (Å²) in [5, 5.41) is 14.2. The van der Waals surface area contributed by atoms with Crippen molar-refractivity contribution < 1.29 is 4.79 Å². The van der Waals surface area contributed by atoms with E-state index in [1.165, 1.54) is 11.3 Å². The molecular weight excluding hydrogens is 280 g/mol. The fourth-order valence-electron chi connectivity index (χ4n) is 1.48. The second kappa shape index (κ2) is 6.63. The van der Waals surface area contributed by atoms with Crippen LogP contribution in [-0.4, -0.2) is 34.6 Å². The van der Waals surface area contributed by atoms with Crippen LogP contribution in [0.5, 0.6) is 0 Å². The fraction of sp³-hybridized carbons (Fsp3) is 0.417. The monoisotopic (exact) mass is 296 g/mol. The summed E-state index contributed by atoms with van der Waals surface area (Å²) in [4.78, 5) is 15.0. The van der Waals surface area contributed by atoms with Gasteiger partial charge in [-0.05, 0) is 17.9 Å². The zero-order chi connectivity index (χ0) is 13.7. The Bertz CT molecular complexity index is 524. The molecule has 19 heavy (non-hydrogen) atoms. The smallest absolute Gasteiger partial charge is 0.284 e. The number of nitrogens with one attached hydrogen (secondary N) is 1. The Balaban J connectivity index is 1.96. The summed E-state index contributed by atoms with van der Waals surface area (Å²) in [7, 11) is 1.78. The Morgan fingerprint density at radius 3 is 3.00 bits per heavy atom. The van der Waals surface area contributed by atoms with Crippen LogP contribution in [0.4, 0.5) is 5.13 Å². The SMILES string of the molecule is CCCNc1nnc(C(=O)N(C)Cc2cccs2)s1. The summed E-state index contributed by atoms with van der Waals surface area (Å²) in [5.74, 6) is -0.0875. The molecule has 0 aliphatic rings. The summed E-state index contributed by atoms with van der Waals surface area (Å²) in [6, 6.07) is 4.00. The van der Waals surface area contributed by atoms with Crippen molar-refractivity contribution in [2.75, 3.05) is 18.9 Å². The van der Waals surface area contributed by atoms with Crippen LogP contribution in [-0.2, 0) is 6.54 Å². The van der Waals surface area contributed by atoms with Gasteiger partial charge < -0.3 is 10.2 Å². The maximum Gasteiger partial charge on any atom is 0.284 e. The molecular formula is C12H16N4OS2. The second-order valence-corrected chi connectivity index (χ2v) is 6.09. The summed E-state index contributed by atoms with van der Waals surface area (Å²) in [6.07, 6.45) is 1.02. The van der Waals surface area contributed by atoms with Gasteiger partial charge in [-0.15, -0.1) is 21.5 Å². The van der Waals surface area contributed by atoms with E-state index < -0.39 is 0 Å². The predicted octanol–water partition coefficient (Wildman–Crippen LogP) is 2.69. The van der Waals surface area contributed by atoms with Gasteiger partial charge in [0.25, 0.3) is 5.91 Å². The highest BCUT2D eigenvalue weighted by atomic mass is 32.1. The highest BCUT2D eigenvalue weighted by molar-refractivity contribution is 7.17. The van der Waals surface area contributed by atoms with Crippen molar-refractivity contribution in [2.45, 2.75) is 19.9 Å². The molecule has 0 saturated carbocycles. The number of hydrogen-bond donors (Lipinski definition) is 1. The molecule has 0 bridgehead atoms. The van der Waals surface area contributed by atoms with E-state index in [9.17, 15) is 4.79 Å². The largest absolute Gasteiger partial charge is 0.360 e. The molecule has 0 aromatic carbocycles. The van der Waals surface area contributed by atoms with E-state index in [1.807, 2.05) is 17.5 Å². The van der Waals surface area contributed by atoms with Gasteiger partial charge in [-0.2, -0.15) is 0 Å². The molecule has 2 heterocycles. The van der Waals surface area contributed by atoms with Crippen LogP contribution in [0.25, 0.3) is 0 Å². The molecule has 2 rings (SSSR count). The van der Waals surface area contributed by atoms with Gasteiger partial charge in [-0.1, -0.05) is 24.3 Å². The minimum Gasteiger partial charge on any atom is -0.360 e. The van der Waals surface area contributed by atoms with Crippen molar-refractivity contribution in [1.29, 1.82) is 0 Å². The Labute approximate surface area is 120 Å². The molecule has 0 aliphatic carbocycles. The molecule has 5 nitrogen and oxygen atoms in total. The zero-order valence-corrected chi connectivity index (χ0v) is 12.6. The van der Waals surface area contributed by atoms with Crippen molar-refractivity contribution in [1.82, 2.24) is 15.1 Å². The maximum absolute atomic E-state index is 12.2. The molecule has 0 aliphatic heterocycles. The number of rotatable bonds is 6. The molecule has 2 aromatic rings. The summed E-state index contributed by atoms with van der Waals surface area (Å²) < 4.78 is 0. The van der Waals surface area contributed by atoms with Crippen LogP contribution in [0.3, 0.4) is 0 Å². The molecule has 1 N–H and O–H groups in total. The second-order valence-electron chi connectivity index (χ2n) is 4.08. The molecule has 0 unspecified atom stereocenters. The lowest BCUT2D eigenvalue weighted by molar-refractivity contribution is 0.0785. The first kappa shape index (κ1) is 14.0. The van der Waals surface area contributed by atoms with Crippen molar-refractivity contribution in [3.63, 3.8) is 0 Å². The number of anilines is 1. The first-order valence-corrected chi connectivity index (χ1v) is 7.75. The normalized spacial score (nSPS) is 10.4. The Morgan fingerprint density at radius 1 is 1.47 bits per heavy atom. The molecule has 0 radical (unpaired) electrons. The van der Waals surface area contributed by atoms with Gasteiger partial charge in [0, 0.05) is 18.5 Å². The van der Waals surface area contributed by atoms with Gasteiger partial charge in [-0.3, -0.25) is 4.79 Å². The Kier molecular flexibility index (Phi) is 4.86. The van der Waals surface area contributed by atoms with E-state index in [4.69, 9.17) is 0 Å². The third-order valence-electron chi connectivity index (χ3n) is 2.45. The standard InChI is InChI=1S/C12H16N4OS2/c1-3-6-13-12-15-14-10(19-12)11(17)16(2)8-9-5-4-7-18-9/h4-5,7H,3,6,8H2,1-2H3,(H,13,15). The molecule has 1 amide bonds. The third kappa shape index (κ3) is 3.74. The lowest BCUT2D eigenvalue weighted by Crippen LogP contribution is -2.25. The summed E-state index contributed by atoms with van der Waals surface area (Å²) >= 11 is 2.94. The van der Waals surface area contributed by atoms with Crippen molar-refractivity contribution >= 4 is 33.7 Å². The lowest BCUT2D eigenvalue weighted by atomic mass is 10.4. The van der Waals surface area contributed by atoms with Crippen LogP contribution < -0.4 is 5.32 Å². The number of thiophene rings is 1. The Hall–Kier alpha value is -1.47. The third-order valence-corrected chi connectivity index (χ3v) is 4.18. The summed E-state index contributed by atoms with van der Waals surface area (Å²) in [5.41, 5.74) is 0. The van der Waals surface area contributed by atoms with Crippen LogP contribution in [0.1, 0.15) is 28.0 Å². The molecule has 0 spiro atoms. The van der Waals surface area contributed by atoms with E-state index in [0.29, 0.717) is 16.7 Å². The van der Waals surface area contributed by atoms with Crippen LogP contribution in [0.2, 0.25) is 0 Å². The molecule has 0 saturated heterocycles. The first-order chi connectivity index (χ1) is 9.20. The number of hydrogen-bond acceptors (Lipinski definition) is 6. The molecule has 0 atom stereocenters. The highest BCUT2D eigenvalue weighted by Crippen LogP contribution is 2.18. The van der Waals surface area contributed by atoms with E-state index in [2.05, 4.69) is 22.4 Å². The summed E-state index contributed by atoms with van der Waals surface area (Å²) in [6.45, 7) is 3.52. The predicted molar refractivity (Wildman–Crippen MR) is 78.8 cm³/mol. The van der Waals surface area contributed by atoms with Gasteiger partial charge in [0.1, 0.15) is 0 Å². The van der Waals surface area contributed by atoms with Crippen LogP contribution >= 0.6 is 22.7 Å². The average molecular weight is 296 g/mol. The number of aromatic nitrogens is 2. The van der Waals surface area contributed by atoms with Crippen molar-refractivity contribution in [2.24, 2.45) is 0 Å². The minimum atomic E-state index is -0.0875. The van der Waals surface area contributed by atoms with Crippen LogP contribution in [0, 0.1) is 0 Å². The average Bonchev–Trinajstić information content (AvgIpc) is 3.06. The molecule has 2 aromatic heterocycles. The highest BCUT2D eigenvalue weighted by Gasteiger charge is 2.17. The van der Waals surface area contributed by atoms with E-state index >= 15 is 0 Å². The molecule has 102 valence electrons. The van der Waals surface area contributed by atoms with Gasteiger partial charge in [0.2, 0.25) is 10.1 Å². The topological polar surface area (TPSA) is 58.1 Å². The van der Waals surface area contributed by atoms with Gasteiger partial charge in [0.05, 0.1) is 6.54 Å². The zero-order valence-electron chi connectivity index (χ0n) is 10.9. The number of amides is 1. The number of carbonyl (C=O) groups excluding carboxylic acids is 1. The van der Waals surface area contributed by atoms with E-state index in [-0.39, 0.29) is 5.91 Å².